The van der Waals surface area contributed by atoms with E-state index in [-0.39, 0.29) is 11.1 Å². The summed E-state index contributed by atoms with van der Waals surface area (Å²) in [6, 6.07) is 11.3. The number of hydrogen-bond donors (Lipinski definition) is 2. The fourth-order valence-electron chi connectivity index (χ4n) is 1.81. The highest BCUT2D eigenvalue weighted by atomic mass is 32.2. The van der Waals surface area contributed by atoms with Crippen molar-refractivity contribution in [2.45, 2.75) is 30.8 Å². The van der Waals surface area contributed by atoms with E-state index in [1.54, 1.807) is 0 Å². The Morgan fingerprint density at radius 3 is 2.63 bits per heavy atom. The van der Waals surface area contributed by atoms with Crippen LogP contribution in [0.2, 0.25) is 0 Å². The Morgan fingerprint density at radius 2 is 2.00 bits per heavy atom. The molecule has 0 aliphatic heterocycles. The second-order valence-corrected chi connectivity index (χ2v) is 6.15. The molecule has 0 spiro atoms. The number of nitrogens with one attached hydrogen (secondary N) is 2. The quantitative estimate of drug-likeness (QED) is 0.845. The molecule has 6 heteroatoms. The van der Waals surface area contributed by atoms with Crippen LogP contribution >= 0.6 is 0 Å². The van der Waals surface area contributed by atoms with E-state index in [0.29, 0.717) is 0 Å². The molecular formula is C13H17N3O2S. The third kappa shape index (κ3) is 3.90. The molecule has 5 nitrogen and oxygen atoms in total. The van der Waals surface area contributed by atoms with Crippen molar-refractivity contribution in [3.63, 3.8) is 0 Å². The molecule has 0 aliphatic carbocycles. The summed E-state index contributed by atoms with van der Waals surface area (Å²) in [6.07, 6.45) is 3.01. The summed E-state index contributed by atoms with van der Waals surface area (Å²) in [5, 5.41) is 6.20. The van der Waals surface area contributed by atoms with E-state index < -0.39 is 10.0 Å². The number of hydrogen-bond acceptors (Lipinski definition) is 3. The lowest BCUT2D eigenvalue weighted by Gasteiger charge is -2.13. The topological polar surface area (TPSA) is 74.8 Å². The third-order valence-corrected chi connectivity index (χ3v) is 4.35. The van der Waals surface area contributed by atoms with E-state index in [0.717, 1.165) is 12.8 Å². The van der Waals surface area contributed by atoms with Gasteiger partial charge in [0.25, 0.3) is 10.0 Å². The second kappa shape index (κ2) is 5.99. The molecule has 19 heavy (non-hydrogen) atoms. The maximum Gasteiger partial charge on any atom is 0.257 e. The molecular weight excluding hydrogens is 262 g/mol. The van der Waals surface area contributed by atoms with Gasteiger partial charge in [0, 0.05) is 6.04 Å². The van der Waals surface area contributed by atoms with Crippen LogP contribution in [0.15, 0.2) is 47.6 Å². The van der Waals surface area contributed by atoms with Gasteiger partial charge in [-0.1, -0.05) is 30.3 Å². The number of aromatic amines is 1. The molecule has 1 aromatic carbocycles. The van der Waals surface area contributed by atoms with Gasteiger partial charge in [-0.3, -0.25) is 5.10 Å². The molecule has 0 saturated carbocycles. The van der Waals surface area contributed by atoms with Crippen molar-refractivity contribution in [1.29, 1.82) is 0 Å². The van der Waals surface area contributed by atoms with E-state index in [9.17, 15) is 8.42 Å². The highest BCUT2D eigenvalue weighted by Gasteiger charge is 2.18. The van der Waals surface area contributed by atoms with Gasteiger partial charge in [-0.05, 0) is 31.4 Å². The molecule has 1 atom stereocenters. The number of benzene rings is 1. The highest BCUT2D eigenvalue weighted by Crippen LogP contribution is 2.08. The lowest BCUT2D eigenvalue weighted by molar-refractivity contribution is 0.543. The van der Waals surface area contributed by atoms with Crippen LogP contribution in [-0.2, 0) is 16.4 Å². The molecule has 1 heterocycles. The first-order valence-corrected chi connectivity index (χ1v) is 7.62. The van der Waals surface area contributed by atoms with Crippen molar-refractivity contribution in [1.82, 2.24) is 14.9 Å². The fraction of sp³-hybridized carbons (Fsp3) is 0.308. The highest BCUT2D eigenvalue weighted by molar-refractivity contribution is 7.89. The molecule has 0 bridgehead atoms. The van der Waals surface area contributed by atoms with Crippen LogP contribution < -0.4 is 4.72 Å². The van der Waals surface area contributed by atoms with Gasteiger partial charge in [-0.15, -0.1) is 0 Å². The molecule has 1 unspecified atom stereocenters. The van der Waals surface area contributed by atoms with Gasteiger partial charge in [-0.25, -0.2) is 13.1 Å². The minimum atomic E-state index is -3.49. The molecule has 0 aliphatic rings. The molecule has 0 amide bonds. The Bertz CT molecular complexity index is 594. The van der Waals surface area contributed by atoms with E-state index in [4.69, 9.17) is 0 Å². The Morgan fingerprint density at radius 1 is 1.26 bits per heavy atom. The summed E-state index contributed by atoms with van der Waals surface area (Å²) < 4.78 is 26.5. The fourth-order valence-corrected chi connectivity index (χ4v) is 3.00. The van der Waals surface area contributed by atoms with Crippen molar-refractivity contribution in [2.24, 2.45) is 0 Å². The van der Waals surface area contributed by atoms with Gasteiger partial charge in [0.05, 0.1) is 6.20 Å². The summed E-state index contributed by atoms with van der Waals surface area (Å²) in [5.41, 5.74) is 1.20. The average molecular weight is 279 g/mol. The van der Waals surface area contributed by atoms with Crippen LogP contribution in [0.25, 0.3) is 0 Å². The first-order valence-electron chi connectivity index (χ1n) is 6.13. The van der Waals surface area contributed by atoms with Gasteiger partial charge in [0.15, 0.2) is 5.03 Å². The molecule has 0 radical (unpaired) electrons. The van der Waals surface area contributed by atoms with Crippen molar-refractivity contribution < 1.29 is 8.42 Å². The van der Waals surface area contributed by atoms with Crippen molar-refractivity contribution >= 4 is 10.0 Å². The van der Waals surface area contributed by atoms with Crippen molar-refractivity contribution in [3.8, 4) is 0 Å². The second-order valence-electron chi connectivity index (χ2n) is 4.47. The van der Waals surface area contributed by atoms with Crippen LogP contribution in [0.3, 0.4) is 0 Å². The molecule has 2 N–H and O–H groups in total. The Hall–Kier alpha value is -1.66. The van der Waals surface area contributed by atoms with Crippen LogP contribution in [0.1, 0.15) is 18.9 Å². The Kier molecular flexibility index (Phi) is 4.34. The minimum absolute atomic E-state index is 0.0964. The monoisotopic (exact) mass is 279 g/mol. The molecule has 102 valence electrons. The van der Waals surface area contributed by atoms with E-state index in [1.165, 1.54) is 17.8 Å². The van der Waals surface area contributed by atoms with Gasteiger partial charge in [0.2, 0.25) is 0 Å². The summed E-state index contributed by atoms with van der Waals surface area (Å²) >= 11 is 0. The maximum atomic E-state index is 11.9. The van der Waals surface area contributed by atoms with Crippen LogP contribution in [-0.4, -0.2) is 24.7 Å². The van der Waals surface area contributed by atoms with E-state index in [2.05, 4.69) is 14.9 Å². The summed E-state index contributed by atoms with van der Waals surface area (Å²) in [5.74, 6) is 0. The number of aromatic nitrogens is 2. The van der Waals surface area contributed by atoms with Crippen molar-refractivity contribution in [3.05, 3.63) is 48.2 Å². The van der Waals surface area contributed by atoms with Crippen LogP contribution in [0.5, 0.6) is 0 Å². The predicted octanol–water partition coefficient (Wildman–Crippen LogP) is 1.71. The summed E-state index contributed by atoms with van der Waals surface area (Å²) in [7, 11) is -3.49. The Balaban J connectivity index is 1.90. The normalized spacial score (nSPS) is 13.3. The van der Waals surface area contributed by atoms with Crippen LogP contribution in [0.4, 0.5) is 0 Å². The molecule has 0 fully saturated rings. The largest absolute Gasteiger partial charge is 0.266 e. The van der Waals surface area contributed by atoms with Gasteiger partial charge < -0.3 is 0 Å². The summed E-state index contributed by atoms with van der Waals surface area (Å²) in [6.45, 7) is 1.86. The molecule has 0 saturated heterocycles. The van der Waals surface area contributed by atoms with E-state index in [1.807, 2.05) is 37.3 Å². The molecule has 2 rings (SSSR count). The number of sulfonamides is 1. The zero-order chi connectivity index (χ0) is 13.7. The third-order valence-electron chi connectivity index (χ3n) is 2.83. The van der Waals surface area contributed by atoms with Gasteiger partial charge >= 0.3 is 0 Å². The van der Waals surface area contributed by atoms with E-state index >= 15 is 0 Å². The first kappa shape index (κ1) is 13.8. The number of aryl methyl sites for hydroxylation is 1. The average Bonchev–Trinajstić information content (AvgIpc) is 2.92. The standard InChI is InChI=1S/C13H17N3O2S/c1-11(7-8-12-5-3-2-4-6-12)16-19(17,18)13-9-10-14-15-13/h2-6,9-11,16H,7-8H2,1H3,(H,14,15). The van der Waals surface area contributed by atoms with Gasteiger partial charge in [0.1, 0.15) is 0 Å². The molecule has 2 aromatic rings. The number of nitrogens with zero attached hydrogens (tertiary/aromatic N) is 1. The number of H-pyrrole nitrogens is 1. The SMILES string of the molecule is CC(CCc1ccccc1)NS(=O)(=O)c1ccn[nH]1. The first-order chi connectivity index (χ1) is 9.08. The van der Waals surface area contributed by atoms with Crippen molar-refractivity contribution in [2.75, 3.05) is 0 Å². The lowest BCUT2D eigenvalue weighted by Crippen LogP contribution is -2.33. The molecule has 1 aromatic heterocycles. The zero-order valence-corrected chi connectivity index (χ0v) is 11.5. The van der Waals surface area contributed by atoms with Gasteiger partial charge in [-0.2, -0.15) is 5.10 Å². The maximum absolute atomic E-state index is 11.9. The predicted molar refractivity (Wildman–Crippen MR) is 73.1 cm³/mol. The summed E-state index contributed by atoms with van der Waals surface area (Å²) in [4.78, 5) is 0. The lowest BCUT2D eigenvalue weighted by atomic mass is 10.1. The minimum Gasteiger partial charge on any atom is -0.266 e. The smallest absolute Gasteiger partial charge is 0.257 e. The zero-order valence-electron chi connectivity index (χ0n) is 10.7. The van der Waals surface area contributed by atoms with Crippen LogP contribution in [0, 0.1) is 0 Å². The Labute approximate surface area is 113 Å². The number of rotatable bonds is 6.